The van der Waals surface area contributed by atoms with Gasteiger partial charge >= 0.3 is 0 Å². The molecule has 5 nitrogen and oxygen atoms in total. The molecule has 1 aromatic rings. The molecule has 2 N–H and O–H groups in total. The van der Waals surface area contributed by atoms with Gasteiger partial charge in [-0.3, -0.25) is 0 Å². The molecule has 0 spiro atoms. The third kappa shape index (κ3) is 2.83. The highest BCUT2D eigenvalue weighted by molar-refractivity contribution is 5.26. The van der Waals surface area contributed by atoms with E-state index in [4.69, 9.17) is 15.3 Å². The molecule has 3 atom stereocenters. The molecule has 21 heavy (non-hydrogen) atoms. The van der Waals surface area contributed by atoms with Gasteiger partial charge in [0.05, 0.1) is 13.2 Å². The van der Waals surface area contributed by atoms with Crippen molar-refractivity contribution in [2.24, 2.45) is 11.7 Å². The molecule has 1 fully saturated rings. The Balaban J connectivity index is 1.83. The maximum Gasteiger partial charge on any atom is 0.212 e. The fourth-order valence-electron chi connectivity index (χ4n) is 3.32. The van der Waals surface area contributed by atoms with Crippen LogP contribution in [-0.2, 0) is 4.84 Å². The highest BCUT2D eigenvalue weighted by Gasteiger charge is 2.37. The Bertz CT molecular complexity index is 515. The SMILES string of the molecule is COc1ccc(C2C=C(N)ON2C2CCCCC2C)cn1. The Kier molecular flexibility index (Phi) is 4.01. The van der Waals surface area contributed by atoms with Gasteiger partial charge in [-0.1, -0.05) is 25.8 Å². The highest BCUT2D eigenvalue weighted by Crippen LogP contribution is 2.38. The van der Waals surface area contributed by atoms with Crippen molar-refractivity contribution in [2.75, 3.05) is 7.11 Å². The highest BCUT2D eigenvalue weighted by atomic mass is 16.7. The topological polar surface area (TPSA) is 60.6 Å². The third-order valence-corrected chi connectivity index (χ3v) is 4.51. The van der Waals surface area contributed by atoms with Crippen LogP contribution < -0.4 is 10.5 Å². The normalized spacial score (nSPS) is 29.8. The number of hydrogen-bond acceptors (Lipinski definition) is 5. The van der Waals surface area contributed by atoms with Crippen molar-refractivity contribution in [1.29, 1.82) is 0 Å². The molecule has 0 saturated heterocycles. The van der Waals surface area contributed by atoms with Gasteiger partial charge < -0.3 is 15.3 Å². The van der Waals surface area contributed by atoms with E-state index in [9.17, 15) is 0 Å². The Morgan fingerprint density at radius 2 is 2.14 bits per heavy atom. The second-order valence-electron chi connectivity index (χ2n) is 5.93. The summed E-state index contributed by atoms with van der Waals surface area (Å²) >= 11 is 0. The van der Waals surface area contributed by atoms with E-state index in [0.29, 0.717) is 23.7 Å². The van der Waals surface area contributed by atoms with Crippen molar-refractivity contribution in [1.82, 2.24) is 10.0 Å². The zero-order valence-electron chi connectivity index (χ0n) is 12.7. The molecule has 3 rings (SSSR count). The third-order valence-electron chi connectivity index (χ3n) is 4.51. The quantitative estimate of drug-likeness (QED) is 0.927. The summed E-state index contributed by atoms with van der Waals surface area (Å²) in [6.07, 6.45) is 8.76. The largest absolute Gasteiger partial charge is 0.481 e. The van der Waals surface area contributed by atoms with Crippen molar-refractivity contribution < 1.29 is 9.57 Å². The van der Waals surface area contributed by atoms with Gasteiger partial charge in [0.2, 0.25) is 11.8 Å². The lowest BCUT2D eigenvalue weighted by atomic mass is 9.85. The lowest BCUT2D eigenvalue weighted by Crippen LogP contribution is -2.41. The molecule has 2 aliphatic rings. The Hall–Kier alpha value is -1.75. The Morgan fingerprint density at radius 3 is 2.81 bits per heavy atom. The standard InChI is InChI=1S/C16H23N3O2/c1-11-5-3-4-6-13(11)19-14(9-15(17)21-19)12-7-8-16(20-2)18-10-12/h7-11,13-14H,3-6,17H2,1-2H3. The van der Waals surface area contributed by atoms with Crippen LogP contribution >= 0.6 is 0 Å². The molecule has 0 bridgehead atoms. The van der Waals surface area contributed by atoms with Crippen LogP contribution in [0, 0.1) is 5.92 Å². The molecule has 0 amide bonds. The average molecular weight is 289 g/mol. The molecule has 1 aliphatic heterocycles. The van der Waals surface area contributed by atoms with Crippen LogP contribution in [0.5, 0.6) is 5.88 Å². The lowest BCUT2D eigenvalue weighted by Gasteiger charge is -2.37. The van der Waals surface area contributed by atoms with Crippen LogP contribution in [0.15, 0.2) is 30.3 Å². The number of hydroxylamine groups is 2. The molecule has 3 unspecified atom stereocenters. The Morgan fingerprint density at radius 1 is 1.33 bits per heavy atom. The summed E-state index contributed by atoms with van der Waals surface area (Å²) in [5, 5.41) is 2.06. The molecule has 1 saturated carbocycles. The number of pyridine rings is 1. The summed E-state index contributed by atoms with van der Waals surface area (Å²) < 4.78 is 5.12. The fourth-order valence-corrected chi connectivity index (χ4v) is 3.32. The smallest absolute Gasteiger partial charge is 0.212 e. The van der Waals surface area contributed by atoms with E-state index in [1.807, 2.05) is 24.4 Å². The summed E-state index contributed by atoms with van der Waals surface area (Å²) in [5.41, 5.74) is 6.99. The Labute approximate surface area is 125 Å². The molecule has 1 aromatic heterocycles. The van der Waals surface area contributed by atoms with Gasteiger partial charge in [-0.25, -0.2) is 4.98 Å². The number of rotatable bonds is 3. The summed E-state index contributed by atoms with van der Waals surface area (Å²) in [4.78, 5) is 10.1. The number of methoxy groups -OCH3 is 1. The first-order chi connectivity index (χ1) is 10.2. The second kappa shape index (κ2) is 5.93. The van der Waals surface area contributed by atoms with Gasteiger partial charge in [-0.05, 0) is 24.3 Å². The van der Waals surface area contributed by atoms with Crippen LogP contribution in [0.4, 0.5) is 0 Å². The minimum Gasteiger partial charge on any atom is -0.481 e. The lowest BCUT2D eigenvalue weighted by molar-refractivity contribution is -0.170. The van der Waals surface area contributed by atoms with E-state index in [1.54, 1.807) is 7.11 Å². The van der Waals surface area contributed by atoms with Gasteiger partial charge in [0.1, 0.15) is 0 Å². The number of nitrogens with zero attached hydrogens (tertiary/aromatic N) is 2. The van der Waals surface area contributed by atoms with Crippen LogP contribution in [0.3, 0.4) is 0 Å². The van der Waals surface area contributed by atoms with Crippen molar-refractivity contribution in [2.45, 2.75) is 44.7 Å². The van der Waals surface area contributed by atoms with E-state index in [1.165, 1.54) is 19.3 Å². The minimum absolute atomic E-state index is 0.0361. The van der Waals surface area contributed by atoms with Gasteiger partial charge in [0, 0.05) is 24.4 Å². The molecular formula is C16H23N3O2. The zero-order chi connectivity index (χ0) is 14.8. The molecule has 1 aliphatic carbocycles. The average Bonchev–Trinajstić information content (AvgIpc) is 2.89. The monoisotopic (exact) mass is 289 g/mol. The van der Waals surface area contributed by atoms with E-state index < -0.39 is 0 Å². The van der Waals surface area contributed by atoms with Crippen LogP contribution in [0.2, 0.25) is 0 Å². The molecule has 2 heterocycles. The molecule has 0 radical (unpaired) electrons. The minimum atomic E-state index is 0.0361. The predicted octanol–water partition coefficient (Wildman–Crippen LogP) is 2.76. The van der Waals surface area contributed by atoms with Crippen molar-refractivity contribution in [3.63, 3.8) is 0 Å². The molecule has 114 valence electrons. The van der Waals surface area contributed by atoms with Gasteiger partial charge in [0.15, 0.2) is 0 Å². The van der Waals surface area contributed by atoms with Gasteiger partial charge in [-0.2, -0.15) is 0 Å². The molecular weight excluding hydrogens is 266 g/mol. The maximum atomic E-state index is 5.91. The van der Waals surface area contributed by atoms with E-state index in [0.717, 1.165) is 12.0 Å². The number of nitrogens with two attached hydrogens (primary N) is 1. The van der Waals surface area contributed by atoms with Crippen molar-refractivity contribution in [3.05, 3.63) is 35.9 Å². The predicted molar refractivity (Wildman–Crippen MR) is 80.1 cm³/mol. The van der Waals surface area contributed by atoms with E-state index >= 15 is 0 Å². The van der Waals surface area contributed by atoms with Crippen molar-refractivity contribution >= 4 is 0 Å². The van der Waals surface area contributed by atoms with Crippen molar-refractivity contribution in [3.8, 4) is 5.88 Å². The van der Waals surface area contributed by atoms with Crippen LogP contribution in [-0.4, -0.2) is 23.2 Å². The summed E-state index contributed by atoms with van der Waals surface area (Å²) in [7, 11) is 1.62. The first-order valence-electron chi connectivity index (χ1n) is 7.62. The van der Waals surface area contributed by atoms with Crippen LogP contribution in [0.1, 0.15) is 44.2 Å². The number of aromatic nitrogens is 1. The van der Waals surface area contributed by atoms with Gasteiger partial charge in [0.25, 0.3) is 0 Å². The fraction of sp³-hybridized carbons (Fsp3) is 0.562. The molecule has 0 aromatic carbocycles. The number of hydrogen-bond donors (Lipinski definition) is 1. The summed E-state index contributed by atoms with van der Waals surface area (Å²) in [5.74, 6) is 1.72. The first kappa shape index (κ1) is 14.2. The van der Waals surface area contributed by atoms with Crippen LogP contribution in [0.25, 0.3) is 0 Å². The maximum absolute atomic E-state index is 5.91. The molecule has 5 heteroatoms. The van der Waals surface area contributed by atoms with Gasteiger partial charge in [-0.15, -0.1) is 5.06 Å². The summed E-state index contributed by atoms with van der Waals surface area (Å²) in [6, 6.07) is 4.34. The zero-order valence-corrected chi connectivity index (χ0v) is 12.7. The summed E-state index contributed by atoms with van der Waals surface area (Å²) in [6.45, 7) is 2.30. The first-order valence-corrected chi connectivity index (χ1v) is 7.62. The van der Waals surface area contributed by atoms with E-state index in [-0.39, 0.29) is 6.04 Å². The van der Waals surface area contributed by atoms with E-state index in [2.05, 4.69) is 17.0 Å². The second-order valence-corrected chi connectivity index (χ2v) is 5.93. The number of ether oxygens (including phenoxy) is 1.